The van der Waals surface area contributed by atoms with Crippen molar-refractivity contribution in [3.8, 4) is 0 Å². The van der Waals surface area contributed by atoms with Gasteiger partial charge < -0.3 is 15.4 Å². The molecular formula is C9H18N2O2. The van der Waals surface area contributed by atoms with Gasteiger partial charge in [-0.25, -0.2) is 4.79 Å². The van der Waals surface area contributed by atoms with Crippen LogP contribution in [0.15, 0.2) is 0 Å². The summed E-state index contributed by atoms with van der Waals surface area (Å²) in [5.41, 5.74) is 4.84. The Hall–Kier alpha value is -0.770. The van der Waals surface area contributed by atoms with E-state index in [2.05, 4.69) is 9.64 Å². The van der Waals surface area contributed by atoms with Crippen molar-refractivity contribution in [3.05, 3.63) is 0 Å². The van der Waals surface area contributed by atoms with E-state index in [-0.39, 0.29) is 0 Å². The summed E-state index contributed by atoms with van der Waals surface area (Å²) in [6.07, 6.45) is 4.18. The number of hydrogen-bond donors (Lipinski definition) is 1. The predicted octanol–water partition coefficient (Wildman–Crippen LogP) is 0.958. The van der Waals surface area contributed by atoms with Crippen LogP contribution in [-0.4, -0.2) is 37.2 Å². The van der Waals surface area contributed by atoms with Crippen LogP contribution in [0.3, 0.4) is 0 Å². The maximum absolute atomic E-state index is 10.2. The number of primary amides is 1. The monoisotopic (exact) mass is 186 g/mol. The molecule has 0 spiro atoms. The van der Waals surface area contributed by atoms with Crippen molar-refractivity contribution in [2.45, 2.75) is 25.7 Å². The minimum absolute atomic E-state index is 0.450. The molecule has 0 unspecified atom stereocenters. The van der Waals surface area contributed by atoms with E-state index in [4.69, 9.17) is 5.73 Å². The van der Waals surface area contributed by atoms with Crippen molar-refractivity contribution < 1.29 is 9.53 Å². The maximum Gasteiger partial charge on any atom is 0.404 e. The molecule has 1 rings (SSSR count). The Morgan fingerprint density at radius 1 is 1.31 bits per heavy atom. The Kier molecular flexibility index (Phi) is 4.60. The molecule has 1 amide bonds. The highest BCUT2D eigenvalue weighted by atomic mass is 16.5. The van der Waals surface area contributed by atoms with Crippen LogP contribution in [0.5, 0.6) is 0 Å². The molecule has 13 heavy (non-hydrogen) atoms. The smallest absolute Gasteiger partial charge is 0.404 e. The number of nitrogens with zero attached hydrogens (tertiary/aromatic N) is 1. The molecule has 4 heteroatoms. The molecule has 1 aliphatic heterocycles. The van der Waals surface area contributed by atoms with E-state index in [1.165, 1.54) is 32.4 Å². The number of hydrogen-bond acceptors (Lipinski definition) is 3. The summed E-state index contributed by atoms with van der Waals surface area (Å²) >= 11 is 0. The van der Waals surface area contributed by atoms with Gasteiger partial charge in [0.25, 0.3) is 0 Å². The number of rotatable bonds is 4. The van der Waals surface area contributed by atoms with E-state index in [0.717, 1.165) is 13.0 Å². The number of nitrogens with two attached hydrogens (primary N) is 1. The average Bonchev–Trinajstić information content (AvgIpc) is 2.14. The van der Waals surface area contributed by atoms with Gasteiger partial charge in [0.05, 0.1) is 6.61 Å². The van der Waals surface area contributed by atoms with Gasteiger partial charge in [0.2, 0.25) is 0 Å². The molecule has 1 saturated heterocycles. The lowest BCUT2D eigenvalue weighted by Crippen LogP contribution is -2.31. The molecule has 0 bridgehead atoms. The van der Waals surface area contributed by atoms with Gasteiger partial charge in [0.1, 0.15) is 0 Å². The first-order chi connectivity index (χ1) is 6.29. The van der Waals surface area contributed by atoms with Crippen LogP contribution in [-0.2, 0) is 4.74 Å². The van der Waals surface area contributed by atoms with Gasteiger partial charge in [-0.2, -0.15) is 0 Å². The number of amides is 1. The van der Waals surface area contributed by atoms with Crippen molar-refractivity contribution in [2.75, 3.05) is 26.2 Å². The third-order valence-electron chi connectivity index (χ3n) is 2.31. The summed E-state index contributed by atoms with van der Waals surface area (Å²) in [6.45, 7) is 3.85. The van der Waals surface area contributed by atoms with Crippen molar-refractivity contribution >= 4 is 6.09 Å². The Labute approximate surface area is 79.0 Å². The second-order valence-electron chi connectivity index (χ2n) is 3.42. The summed E-state index contributed by atoms with van der Waals surface area (Å²) in [7, 11) is 0. The molecule has 0 saturated carbocycles. The van der Waals surface area contributed by atoms with Gasteiger partial charge in [0.15, 0.2) is 0 Å². The van der Waals surface area contributed by atoms with Crippen LogP contribution in [0.25, 0.3) is 0 Å². The number of ether oxygens (including phenoxy) is 1. The fourth-order valence-electron chi connectivity index (χ4n) is 1.64. The third kappa shape index (κ3) is 4.72. The molecular weight excluding hydrogens is 168 g/mol. The van der Waals surface area contributed by atoms with E-state index in [0.29, 0.717) is 6.61 Å². The second-order valence-corrected chi connectivity index (χ2v) is 3.42. The number of carbonyl (C=O) groups is 1. The minimum atomic E-state index is -0.668. The van der Waals surface area contributed by atoms with E-state index in [1.807, 2.05) is 0 Å². The fraction of sp³-hybridized carbons (Fsp3) is 0.889. The lowest BCUT2D eigenvalue weighted by Gasteiger charge is -2.25. The molecule has 0 aromatic rings. The molecule has 4 nitrogen and oxygen atoms in total. The van der Waals surface area contributed by atoms with Crippen LogP contribution in [0.1, 0.15) is 25.7 Å². The summed E-state index contributed by atoms with van der Waals surface area (Å²) in [6, 6.07) is 0. The van der Waals surface area contributed by atoms with E-state index < -0.39 is 6.09 Å². The molecule has 1 fully saturated rings. The van der Waals surface area contributed by atoms with Gasteiger partial charge in [-0.1, -0.05) is 6.42 Å². The Morgan fingerprint density at radius 3 is 2.62 bits per heavy atom. The molecule has 0 aromatic carbocycles. The summed E-state index contributed by atoms with van der Waals surface area (Å²) in [5, 5.41) is 0. The highest BCUT2D eigenvalue weighted by molar-refractivity contribution is 5.64. The zero-order chi connectivity index (χ0) is 9.52. The molecule has 0 atom stereocenters. The third-order valence-corrected chi connectivity index (χ3v) is 2.31. The first-order valence-electron chi connectivity index (χ1n) is 4.93. The van der Waals surface area contributed by atoms with Crippen LogP contribution >= 0.6 is 0 Å². The molecule has 76 valence electrons. The Bertz CT molecular complexity index is 156. The molecule has 0 aliphatic carbocycles. The zero-order valence-electron chi connectivity index (χ0n) is 8.00. The number of carbonyl (C=O) groups excluding carboxylic acids is 1. The summed E-state index contributed by atoms with van der Waals surface area (Å²) in [4.78, 5) is 12.6. The number of piperidine rings is 1. The molecule has 1 aliphatic rings. The quantitative estimate of drug-likeness (QED) is 0.665. The lowest BCUT2D eigenvalue weighted by molar-refractivity contribution is 0.144. The minimum Gasteiger partial charge on any atom is -0.450 e. The maximum atomic E-state index is 10.2. The van der Waals surface area contributed by atoms with E-state index >= 15 is 0 Å². The fourth-order valence-corrected chi connectivity index (χ4v) is 1.64. The van der Waals surface area contributed by atoms with Gasteiger partial charge in [-0.05, 0) is 32.4 Å². The van der Waals surface area contributed by atoms with Crippen molar-refractivity contribution in [2.24, 2.45) is 5.73 Å². The molecule has 2 N–H and O–H groups in total. The lowest BCUT2D eigenvalue weighted by atomic mass is 10.1. The molecule has 0 radical (unpaired) electrons. The van der Waals surface area contributed by atoms with E-state index in [9.17, 15) is 4.79 Å². The van der Waals surface area contributed by atoms with Gasteiger partial charge in [-0.3, -0.25) is 0 Å². The summed E-state index contributed by atoms with van der Waals surface area (Å²) in [5.74, 6) is 0. The van der Waals surface area contributed by atoms with Crippen LogP contribution in [0, 0.1) is 0 Å². The Balaban J connectivity index is 1.95. The SMILES string of the molecule is NC(=O)OCCCN1CCCCC1. The highest BCUT2D eigenvalue weighted by Gasteiger charge is 2.08. The van der Waals surface area contributed by atoms with Gasteiger partial charge >= 0.3 is 6.09 Å². The topological polar surface area (TPSA) is 55.6 Å². The van der Waals surface area contributed by atoms with Crippen LogP contribution in [0.4, 0.5) is 4.79 Å². The second kappa shape index (κ2) is 5.80. The largest absolute Gasteiger partial charge is 0.450 e. The van der Waals surface area contributed by atoms with Gasteiger partial charge in [-0.15, -0.1) is 0 Å². The molecule has 1 heterocycles. The standard InChI is InChI=1S/C9H18N2O2/c10-9(12)13-8-4-7-11-5-2-1-3-6-11/h1-8H2,(H2,10,12). The van der Waals surface area contributed by atoms with Crippen LogP contribution < -0.4 is 5.73 Å². The van der Waals surface area contributed by atoms with E-state index in [1.54, 1.807) is 0 Å². The number of likely N-dealkylation sites (tertiary alicyclic amines) is 1. The first kappa shape index (κ1) is 10.3. The van der Waals surface area contributed by atoms with Crippen LogP contribution in [0.2, 0.25) is 0 Å². The first-order valence-corrected chi connectivity index (χ1v) is 4.93. The Morgan fingerprint density at radius 2 is 2.00 bits per heavy atom. The normalized spacial score (nSPS) is 18.5. The summed E-state index contributed by atoms with van der Waals surface area (Å²) < 4.78 is 4.65. The van der Waals surface area contributed by atoms with Crippen molar-refractivity contribution in [3.63, 3.8) is 0 Å². The molecule has 0 aromatic heterocycles. The average molecular weight is 186 g/mol. The van der Waals surface area contributed by atoms with Crippen molar-refractivity contribution in [1.82, 2.24) is 4.90 Å². The predicted molar refractivity (Wildman–Crippen MR) is 50.4 cm³/mol. The van der Waals surface area contributed by atoms with Gasteiger partial charge in [0, 0.05) is 6.54 Å². The van der Waals surface area contributed by atoms with Crippen molar-refractivity contribution in [1.29, 1.82) is 0 Å². The zero-order valence-corrected chi connectivity index (χ0v) is 8.00. The highest BCUT2D eigenvalue weighted by Crippen LogP contribution is 2.08.